The van der Waals surface area contributed by atoms with Crippen LogP contribution < -0.4 is 0 Å². The lowest BCUT2D eigenvalue weighted by Crippen LogP contribution is -2.01. The standard InChI is InChI=1S/C12H8F2N2O4S3/c13-21(17)15-9-1-5-11(6-2-9)23(19,20)12-7-3-10(4-8-12)16-22(14)18/h1-8H/q-2. The lowest BCUT2D eigenvalue weighted by Gasteiger charge is -2.06. The molecule has 0 unspecified atom stereocenters. The molecular formula is C12H8F2N2O4S3-2. The molecule has 2 rings (SSSR count). The maximum absolute atomic E-state index is 12.4. The summed E-state index contributed by atoms with van der Waals surface area (Å²) in [4.78, 5) is -0.167. The minimum absolute atomic E-state index is 0.0318. The van der Waals surface area contributed by atoms with Crippen molar-refractivity contribution < 1.29 is 24.6 Å². The summed E-state index contributed by atoms with van der Waals surface area (Å²) in [5.74, 6) is 0. The van der Waals surface area contributed by atoms with Gasteiger partial charge in [0.05, 0.1) is 9.79 Å². The van der Waals surface area contributed by atoms with E-state index in [-0.39, 0.29) is 21.2 Å². The number of halogens is 2. The quantitative estimate of drug-likeness (QED) is 0.597. The molecule has 0 aliphatic rings. The zero-order chi connectivity index (χ0) is 17.0. The zero-order valence-electron chi connectivity index (χ0n) is 11.1. The highest BCUT2D eigenvalue weighted by atomic mass is 32.2. The van der Waals surface area contributed by atoms with Crippen molar-refractivity contribution in [2.75, 3.05) is 0 Å². The van der Waals surface area contributed by atoms with Crippen molar-refractivity contribution in [3.05, 3.63) is 48.5 Å². The molecule has 0 atom stereocenters. The van der Waals surface area contributed by atoms with Crippen LogP contribution in [0.1, 0.15) is 0 Å². The van der Waals surface area contributed by atoms with Crippen LogP contribution in [-0.4, -0.2) is 8.42 Å². The van der Waals surface area contributed by atoms with E-state index in [2.05, 4.69) is 8.73 Å². The topological polar surface area (TPSA) is 93.0 Å². The second kappa shape index (κ2) is 7.15. The number of sulfone groups is 1. The van der Waals surface area contributed by atoms with Gasteiger partial charge in [-0.25, -0.2) is 8.42 Å². The maximum Gasteiger partial charge on any atom is 0.206 e. The predicted molar refractivity (Wildman–Crippen MR) is 80.8 cm³/mol. The Kier molecular flexibility index (Phi) is 5.44. The Bertz CT molecular complexity index is 898. The van der Waals surface area contributed by atoms with Gasteiger partial charge in [-0.05, 0) is 70.5 Å². The SMILES string of the molecule is O=[S-](F)=Nc1ccc(S(=O)(=O)c2ccc(N=[S-](=O)F)cc2)cc1. The molecule has 23 heavy (non-hydrogen) atoms. The van der Waals surface area contributed by atoms with Crippen LogP contribution in [0.4, 0.5) is 19.1 Å². The molecule has 0 aliphatic heterocycles. The highest BCUT2D eigenvalue weighted by Crippen LogP contribution is 2.25. The number of hydrogen-bond acceptors (Lipinski definition) is 8. The average Bonchev–Trinajstić information content (AvgIpc) is 2.47. The van der Waals surface area contributed by atoms with E-state index in [1.807, 2.05) is 0 Å². The first-order chi connectivity index (χ1) is 10.8. The normalized spacial score (nSPS) is 14.7. The summed E-state index contributed by atoms with van der Waals surface area (Å²) in [6.07, 6.45) is 0. The molecule has 0 saturated heterocycles. The van der Waals surface area contributed by atoms with Gasteiger partial charge in [0.15, 0.2) is 0 Å². The van der Waals surface area contributed by atoms with Gasteiger partial charge in [-0.2, -0.15) is 0 Å². The van der Waals surface area contributed by atoms with Crippen LogP contribution in [0.2, 0.25) is 0 Å². The Balaban J connectivity index is 2.38. The molecule has 2 aromatic carbocycles. The summed E-state index contributed by atoms with van der Waals surface area (Å²) in [7, 11) is -9.61. The lowest BCUT2D eigenvalue weighted by molar-refractivity contribution is 0.577. The van der Waals surface area contributed by atoms with E-state index in [0.29, 0.717) is 0 Å². The lowest BCUT2D eigenvalue weighted by atomic mass is 10.3. The van der Waals surface area contributed by atoms with Gasteiger partial charge in [-0.1, -0.05) is 0 Å². The highest BCUT2D eigenvalue weighted by Gasteiger charge is 2.17. The number of nitrogens with zero attached hydrogens (tertiary/aromatic N) is 2. The molecule has 2 aromatic rings. The van der Waals surface area contributed by atoms with Crippen molar-refractivity contribution in [1.29, 1.82) is 0 Å². The highest BCUT2D eigenvalue weighted by molar-refractivity contribution is 7.91. The van der Waals surface area contributed by atoms with Crippen molar-refractivity contribution in [3.63, 3.8) is 0 Å². The van der Waals surface area contributed by atoms with Crippen molar-refractivity contribution in [1.82, 2.24) is 0 Å². The Morgan fingerprint density at radius 1 is 0.696 bits per heavy atom. The smallest absolute Gasteiger partial charge is 0.206 e. The molecule has 0 fully saturated rings. The molecular weight excluding hydrogens is 370 g/mol. The molecule has 11 heteroatoms. The number of benzene rings is 2. The van der Waals surface area contributed by atoms with Gasteiger partial charge < -0.3 is 24.9 Å². The van der Waals surface area contributed by atoms with Crippen molar-refractivity contribution in [2.24, 2.45) is 8.73 Å². The minimum atomic E-state index is -3.85. The monoisotopic (exact) mass is 378 g/mol. The summed E-state index contributed by atoms with van der Waals surface area (Å²) in [5.41, 5.74) is 0.0636. The molecule has 0 amide bonds. The van der Waals surface area contributed by atoms with E-state index < -0.39 is 31.8 Å². The van der Waals surface area contributed by atoms with Crippen LogP contribution in [0, 0.1) is 0 Å². The van der Waals surface area contributed by atoms with Gasteiger partial charge in [0.2, 0.25) is 9.84 Å². The molecule has 0 saturated carbocycles. The Labute approximate surface area is 135 Å². The van der Waals surface area contributed by atoms with Gasteiger partial charge in [0, 0.05) is 11.4 Å². The first kappa shape index (κ1) is 17.5. The van der Waals surface area contributed by atoms with Crippen molar-refractivity contribution in [3.8, 4) is 0 Å². The summed E-state index contributed by atoms with van der Waals surface area (Å²) in [6, 6.07) is 9.60. The van der Waals surface area contributed by atoms with Gasteiger partial charge in [-0.15, -0.1) is 0 Å². The van der Waals surface area contributed by atoms with Gasteiger partial charge >= 0.3 is 0 Å². The summed E-state index contributed by atoms with van der Waals surface area (Å²) >= 11 is 0. The molecule has 0 radical (unpaired) electrons. The number of rotatable bonds is 4. The third-order valence-electron chi connectivity index (χ3n) is 2.65. The van der Waals surface area contributed by atoms with E-state index in [4.69, 9.17) is 0 Å². The second-order valence-electron chi connectivity index (χ2n) is 4.09. The van der Waals surface area contributed by atoms with Gasteiger partial charge in [0.1, 0.15) is 0 Å². The minimum Gasteiger partial charge on any atom is -0.413 e. The largest absolute Gasteiger partial charge is 0.413 e. The van der Waals surface area contributed by atoms with Crippen LogP contribution in [0.3, 0.4) is 0 Å². The van der Waals surface area contributed by atoms with Crippen LogP contribution in [0.25, 0.3) is 0 Å². The van der Waals surface area contributed by atoms with Crippen LogP contribution in [0.15, 0.2) is 67.0 Å². The molecule has 0 aromatic heterocycles. The zero-order valence-corrected chi connectivity index (χ0v) is 13.6. The van der Waals surface area contributed by atoms with Crippen LogP contribution >= 0.6 is 0 Å². The van der Waals surface area contributed by atoms with E-state index in [1.54, 1.807) is 0 Å². The van der Waals surface area contributed by atoms with Crippen molar-refractivity contribution in [2.45, 2.75) is 9.79 Å². The molecule has 0 aliphatic carbocycles. The summed E-state index contributed by atoms with van der Waals surface area (Å²) in [5, 5.41) is 0. The Morgan fingerprint density at radius 2 is 1.00 bits per heavy atom. The first-order valence-corrected chi connectivity index (χ1v) is 9.34. The third kappa shape index (κ3) is 4.56. The van der Waals surface area contributed by atoms with E-state index in [9.17, 15) is 24.6 Å². The Hall–Kier alpha value is -1.85. The predicted octanol–water partition coefficient (Wildman–Crippen LogP) is 3.85. The third-order valence-corrected chi connectivity index (χ3v) is 5.14. The molecule has 0 spiro atoms. The second-order valence-corrected chi connectivity index (χ2v) is 7.23. The molecule has 0 bridgehead atoms. The van der Waals surface area contributed by atoms with Crippen LogP contribution in [0.5, 0.6) is 0 Å². The van der Waals surface area contributed by atoms with Crippen LogP contribution in [-0.2, 0) is 40.2 Å². The van der Waals surface area contributed by atoms with Gasteiger partial charge in [-0.3, -0.25) is 0 Å². The number of hydrogen-bond donors (Lipinski definition) is 0. The van der Waals surface area contributed by atoms with E-state index >= 15 is 0 Å². The van der Waals surface area contributed by atoms with E-state index in [1.165, 1.54) is 48.5 Å². The average molecular weight is 378 g/mol. The fourth-order valence-corrected chi connectivity index (χ4v) is 3.51. The molecule has 124 valence electrons. The molecule has 0 heterocycles. The summed E-state index contributed by atoms with van der Waals surface area (Å²) in [6.45, 7) is 0. The fourth-order valence-electron chi connectivity index (χ4n) is 1.67. The molecule has 0 N–H and O–H groups in total. The first-order valence-electron chi connectivity index (χ1n) is 5.84. The summed E-state index contributed by atoms with van der Waals surface area (Å²) < 4.78 is 76.1. The van der Waals surface area contributed by atoms with Gasteiger partial charge in [0.25, 0.3) is 0 Å². The molecule has 6 nitrogen and oxygen atoms in total. The van der Waals surface area contributed by atoms with Crippen molar-refractivity contribution >= 4 is 43.2 Å². The maximum atomic E-state index is 12.4. The fraction of sp³-hybridized carbons (Fsp3) is 0. The van der Waals surface area contributed by atoms with E-state index in [0.717, 1.165) is 0 Å². The Morgan fingerprint density at radius 3 is 1.26 bits per heavy atom.